The number of nitrogens with one attached hydrogen (secondary N) is 1. The van der Waals surface area contributed by atoms with Gasteiger partial charge in [-0.3, -0.25) is 9.59 Å². The second kappa shape index (κ2) is 7.86. The Labute approximate surface area is 171 Å². The van der Waals surface area contributed by atoms with Crippen LogP contribution in [0.3, 0.4) is 0 Å². The molecule has 1 amide bonds. The minimum Gasteiger partial charge on any atom is -0.357 e. The molecule has 2 aromatic heterocycles. The zero-order valence-corrected chi connectivity index (χ0v) is 16.1. The van der Waals surface area contributed by atoms with Crippen molar-refractivity contribution >= 4 is 39.9 Å². The SMILES string of the molecule is N#CC(=C1CCN(C(=O)C(=O)c2c[nH]c3c(Cl)ncnc23)CC1)c1ccccc1. The second-order valence-corrected chi connectivity index (χ2v) is 7.03. The molecule has 7 nitrogen and oxygen atoms in total. The number of fused-ring (bicyclic) bond motifs is 1. The number of aromatic amines is 1. The third kappa shape index (κ3) is 3.50. The van der Waals surface area contributed by atoms with Crippen molar-refractivity contribution in [3.8, 4) is 6.07 Å². The Bertz CT molecular complexity index is 1170. The minimum atomic E-state index is -0.637. The van der Waals surface area contributed by atoms with E-state index >= 15 is 0 Å². The van der Waals surface area contributed by atoms with E-state index in [2.05, 4.69) is 21.0 Å². The molecule has 3 heterocycles. The summed E-state index contributed by atoms with van der Waals surface area (Å²) < 4.78 is 0. The van der Waals surface area contributed by atoms with Gasteiger partial charge in [-0.1, -0.05) is 41.9 Å². The molecule has 0 aliphatic carbocycles. The summed E-state index contributed by atoms with van der Waals surface area (Å²) in [5, 5.41) is 9.77. The lowest BCUT2D eigenvalue weighted by Gasteiger charge is -2.28. The number of likely N-dealkylation sites (tertiary alicyclic amines) is 1. The molecule has 1 fully saturated rings. The Morgan fingerprint density at radius 2 is 1.86 bits per heavy atom. The highest BCUT2D eigenvalue weighted by atomic mass is 35.5. The summed E-state index contributed by atoms with van der Waals surface area (Å²) in [6, 6.07) is 11.8. The summed E-state index contributed by atoms with van der Waals surface area (Å²) in [5.41, 5.74) is 3.45. The van der Waals surface area contributed by atoms with E-state index in [4.69, 9.17) is 11.6 Å². The lowest BCUT2D eigenvalue weighted by molar-refractivity contribution is -0.126. The third-order valence-electron chi connectivity index (χ3n) is 5.04. The van der Waals surface area contributed by atoms with Gasteiger partial charge in [-0.15, -0.1) is 0 Å². The number of ketones is 1. The molecule has 1 aliphatic rings. The number of H-pyrrole nitrogens is 1. The largest absolute Gasteiger partial charge is 0.357 e. The van der Waals surface area contributed by atoms with Crippen LogP contribution in [0.2, 0.25) is 5.15 Å². The van der Waals surface area contributed by atoms with Crippen molar-refractivity contribution in [1.82, 2.24) is 19.9 Å². The van der Waals surface area contributed by atoms with Crippen LogP contribution in [-0.2, 0) is 4.79 Å². The number of carbonyl (C=O) groups is 2. The van der Waals surface area contributed by atoms with Crippen LogP contribution < -0.4 is 0 Å². The summed E-state index contributed by atoms with van der Waals surface area (Å²) >= 11 is 5.99. The molecule has 3 aromatic rings. The maximum Gasteiger partial charge on any atom is 0.295 e. The number of Topliss-reactive ketones (excluding diaryl/α,β-unsaturated/α-hetero) is 1. The van der Waals surface area contributed by atoms with E-state index in [0.717, 1.165) is 11.1 Å². The summed E-state index contributed by atoms with van der Waals surface area (Å²) in [4.78, 5) is 37.8. The topological polar surface area (TPSA) is 103 Å². The Kier molecular flexibility index (Phi) is 5.10. The number of halogens is 1. The quantitative estimate of drug-likeness (QED) is 0.311. The fourth-order valence-electron chi connectivity index (χ4n) is 3.52. The van der Waals surface area contributed by atoms with Gasteiger partial charge in [0.2, 0.25) is 0 Å². The number of benzene rings is 1. The van der Waals surface area contributed by atoms with E-state index in [1.165, 1.54) is 17.4 Å². The van der Waals surface area contributed by atoms with Crippen molar-refractivity contribution in [3.63, 3.8) is 0 Å². The smallest absolute Gasteiger partial charge is 0.295 e. The first-order chi connectivity index (χ1) is 14.1. The number of hydrogen-bond acceptors (Lipinski definition) is 5. The molecule has 1 N–H and O–H groups in total. The maximum atomic E-state index is 12.7. The van der Waals surface area contributed by atoms with Gasteiger partial charge < -0.3 is 9.88 Å². The average molecular weight is 406 g/mol. The molecular formula is C21H16ClN5O2. The Morgan fingerprint density at radius 3 is 2.55 bits per heavy atom. The molecule has 0 radical (unpaired) electrons. The maximum absolute atomic E-state index is 12.7. The molecule has 29 heavy (non-hydrogen) atoms. The monoisotopic (exact) mass is 405 g/mol. The van der Waals surface area contributed by atoms with E-state index in [1.54, 1.807) is 0 Å². The fourth-order valence-corrected chi connectivity index (χ4v) is 3.71. The number of piperidine rings is 1. The summed E-state index contributed by atoms with van der Waals surface area (Å²) in [7, 11) is 0. The number of carbonyl (C=O) groups excluding carboxylic acids is 2. The van der Waals surface area contributed by atoms with E-state index in [9.17, 15) is 14.9 Å². The summed E-state index contributed by atoms with van der Waals surface area (Å²) in [5.74, 6) is -1.22. The highest BCUT2D eigenvalue weighted by molar-refractivity contribution is 6.45. The van der Waals surface area contributed by atoms with Crippen molar-refractivity contribution in [2.24, 2.45) is 0 Å². The number of aromatic nitrogens is 3. The number of nitriles is 1. The molecule has 0 bridgehead atoms. The van der Waals surface area contributed by atoms with Gasteiger partial charge in [0, 0.05) is 19.3 Å². The van der Waals surface area contributed by atoms with Gasteiger partial charge >= 0.3 is 0 Å². The Morgan fingerprint density at radius 1 is 1.14 bits per heavy atom. The first kappa shape index (κ1) is 18.8. The van der Waals surface area contributed by atoms with Gasteiger partial charge in [0.05, 0.1) is 17.2 Å². The van der Waals surface area contributed by atoms with Crippen LogP contribution in [0.4, 0.5) is 0 Å². The van der Waals surface area contributed by atoms with E-state index in [1.807, 2.05) is 30.3 Å². The molecule has 1 saturated heterocycles. The minimum absolute atomic E-state index is 0.178. The van der Waals surface area contributed by atoms with Crippen molar-refractivity contribution in [2.75, 3.05) is 13.1 Å². The zero-order valence-electron chi connectivity index (χ0n) is 15.4. The van der Waals surface area contributed by atoms with Crippen LogP contribution in [-0.4, -0.2) is 44.6 Å². The number of amides is 1. The molecule has 0 saturated carbocycles. The number of rotatable bonds is 3. The average Bonchev–Trinajstić information content (AvgIpc) is 3.20. The van der Waals surface area contributed by atoms with Gasteiger partial charge in [-0.2, -0.15) is 5.26 Å². The number of allylic oxidation sites excluding steroid dienone is 1. The van der Waals surface area contributed by atoms with Gasteiger partial charge in [-0.05, 0) is 24.0 Å². The first-order valence-corrected chi connectivity index (χ1v) is 9.46. The molecule has 1 aromatic carbocycles. The van der Waals surface area contributed by atoms with E-state index in [0.29, 0.717) is 42.5 Å². The standard InChI is InChI=1S/C21H16ClN5O2/c22-20-18-17(25-12-26-20)16(11-24-18)19(28)21(29)27-8-6-14(7-9-27)15(10-23)13-4-2-1-3-5-13/h1-5,11-12,24H,6-9H2. The molecule has 8 heteroatoms. The molecule has 0 atom stereocenters. The van der Waals surface area contributed by atoms with Crippen molar-refractivity contribution < 1.29 is 9.59 Å². The van der Waals surface area contributed by atoms with Gasteiger partial charge in [0.15, 0.2) is 5.15 Å². The van der Waals surface area contributed by atoms with Crippen LogP contribution >= 0.6 is 11.6 Å². The number of nitrogens with zero attached hydrogens (tertiary/aromatic N) is 4. The number of hydrogen-bond donors (Lipinski definition) is 1. The fraction of sp³-hybridized carbons (Fsp3) is 0.190. The predicted octanol–water partition coefficient (Wildman–Crippen LogP) is 3.39. The lowest BCUT2D eigenvalue weighted by Crippen LogP contribution is -2.40. The van der Waals surface area contributed by atoms with E-state index in [-0.39, 0.29) is 10.7 Å². The molecule has 0 spiro atoms. The Hall–Kier alpha value is -3.50. The zero-order chi connectivity index (χ0) is 20.4. The van der Waals surface area contributed by atoms with Gasteiger partial charge in [-0.25, -0.2) is 9.97 Å². The van der Waals surface area contributed by atoms with Crippen LogP contribution in [0.25, 0.3) is 16.6 Å². The molecular weight excluding hydrogens is 390 g/mol. The van der Waals surface area contributed by atoms with Gasteiger partial charge in [0.25, 0.3) is 11.7 Å². The van der Waals surface area contributed by atoms with Crippen LogP contribution in [0.15, 0.2) is 48.4 Å². The molecule has 4 rings (SSSR count). The molecule has 144 valence electrons. The predicted molar refractivity (Wildman–Crippen MR) is 108 cm³/mol. The van der Waals surface area contributed by atoms with Crippen molar-refractivity contribution in [2.45, 2.75) is 12.8 Å². The van der Waals surface area contributed by atoms with E-state index < -0.39 is 11.7 Å². The van der Waals surface area contributed by atoms with Gasteiger partial charge in [0.1, 0.15) is 17.4 Å². The highest BCUT2D eigenvalue weighted by Crippen LogP contribution is 2.27. The second-order valence-electron chi connectivity index (χ2n) is 6.67. The summed E-state index contributed by atoms with van der Waals surface area (Å²) in [6.45, 7) is 0.770. The Balaban J connectivity index is 1.52. The third-order valence-corrected chi connectivity index (χ3v) is 5.32. The molecule has 0 unspecified atom stereocenters. The first-order valence-electron chi connectivity index (χ1n) is 9.09. The highest BCUT2D eigenvalue weighted by Gasteiger charge is 2.29. The van der Waals surface area contributed by atoms with Crippen LogP contribution in [0.5, 0.6) is 0 Å². The lowest BCUT2D eigenvalue weighted by atomic mass is 9.93. The summed E-state index contributed by atoms with van der Waals surface area (Å²) in [6.07, 6.45) is 3.80. The van der Waals surface area contributed by atoms with Crippen LogP contribution in [0.1, 0.15) is 28.8 Å². The van der Waals surface area contributed by atoms with Crippen LogP contribution in [0, 0.1) is 11.3 Å². The van der Waals surface area contributed by atoms with Crippen molar-refractivity contribution in [3.05, 3.63) is 64.7 Å². The van der Waals surface area contributed by atoms with Crippen molar-refractivity contribution in [1.29, 1.82) is 5.26 Å². The normalized spacial score (nSPS) is 13.9. The molecule has 1 aliphatic heterocycles.